The highest BCUT2D eigenvalue weighted by Gasteiger charge is 2.16. The first-order valence-electron chi connectivity index (χ1n) is 6.24. The first-order valence-corrected chi connectivity index (χ1v) is 6.24. The molecule has 0 amide bonds. The van der Waals surface area contributed by atoms with Crippen molar-refractivity contribution in [3.63, 3.8) is 0 Å². The third-order valence-electron chi connectivity index (χ3n) is 3.24. The minimum atomic E-state index is 0.787. The lowest BCUT2D eigenvalue weighted by atomic mass is 10.2. The van der Waals surface area contributed by atoms with E-state index in [0.717, 1.165) is 36.1 Å². The predicted molar refractivity (Wildman–Crippen MR) is 72.9 cm³/mol. The topological polar surface area (TPSA) is 48.1 Å². The van der Waals surface area contributed by atoms with E-state index >= 15 is 0 Å². The number of rotatable bonds is 5. The van der Waals surface area contributed by atoms with Gasteiger partial charge in [0.25, 0.3) is 0 Å². The molecule has 2 heterocycles. The molecule has 0 aromatic carbocycles. The van der Waals surface area contributed by atoms with Crippen molar-refractivity contribution in [3.8, 4) is 5.88 Å². The van der Waals surface area contributed by atoms with Crippen molar-refractivity contribution < 1.29 is 4.74 Å². The second kappa shape index (κ2) is 5.44. The van der Waals surface area contributed by atoms with Gasteiger partial charge >= 0.3 is 0 Å². The van der Waals surface area contributed by atoms with Crippen LogP contribution < -0.4 is 4.74 Å². The standard InChI is InChI=1S/C13H21N5O/c1-10-11(13(19-5)18(4)15-10)8-16(2)9-12-14-6-7-17(12)3/h6-7H,8-9H2,1-5H3. The maximum atomic E-state index is 5.41. The molecule has 0 unspecified atom stereocenters. The number of hydrogen-bond acceptors (Lipinski definition) is 4. The van der Waals surface area contributed by atoms with Crippen LogP contribution in [0.3, 0.4) is 0 Å². The molecule has 19 heavy (non-hydrogen) atoms. The molecule has 0 saturated heterocycles. The molecule has 104 valence electrons. The van der Waals surface area contributed by atoms with Gasteiger partial charge < -0.3 is 9.30 Å². The van der Waals surface area contributed by atoms with Crippen LogP contribution in [0.4, 0.5) is 0 Å². The fraction of sp³-hybridized carbons (Fsp3) is 0.538. The summed E-state index contributed by atoms with van der Waals surface area (Å²) < 4.78 is 9.22. The van der Waals surface area contributed by atoms with Crippen molar-refractivity contribution in [2.75, 3.05) is 14.2 Å². The van der Waals surface area contributed by atoms with Crippen LogP contribution in [0.25, 0.3) is 0 Å². The fourth-order valence-corrected chi connectivity index (χ4v) is 2.23. The van der Waals surface area contributed by atoms with Gasteiger partial charge in [-0.15, -0.1) is 0 Å². The van der Waals surface area contributed by atoms with Crippen molar-refractivity contribution in [3.05, 3.63) is 29.5 Å². The zero-order valence-corrected chi connectivity index (χ0v) is 12.2. The van der Waals surface area contributed by atoms with Crippen molar-refractivity contribution >= 4 is 0 Å². The van der Waals surface area contributed by atoms with Crippen LogP contribution in [0.15, 0.2) is 12.4 Å². The molecule has 0 radical (unpaired) electrons. The molecule has 2 aromatic rings. The molecular formula is C13H21N5O. The van der Waals surface area contributed by atoms with Gasteiger partial charge in [-0.25, -0.2) is 9.67 Å². The van der Waals surface area contributed by atoms with E-state index in [1.54, 1.807) is 11.8 Å². The van der Waals surface area contributed by atoms with Crippen LogP contribution in [0.5, 0.6) is 5.88 Å². The number of imidazole rings is 1. The molecule has 0 atom stereocenters. The quantitative estimate of drug-likeness (QED) is 0.810. The van der Waals surface area contributed by atoms with E-state index in [9.17, 15) is 0 Å². The average Bonchev–Trinajstić information content (AvgIpc) is 2.85. The van der Waals surface area contributed by atoms with Gasteiger partial charge in [0.15, 0.2) is 0 Å². The average molecular weight is 263 g/mol. The van der Waals surface area contributed by atoms with Crippen molar-refractivity contribution in [1.82, 2.24) is 24.2 Å². The summed E-state index contributed by atoms with van der Waals surface area (Å²) in [4.78, 5) is 6.54. The molecule has 6 heteroatoms. The Balaban J connectivity index is 2.11. The number of nitrogens with zero attached hydrogens (tertiary/aromatic N) is 5. The third-order valence-corrected chi connectivity index (χ3v) is 3.24. The van der Waals surface area contributed by atoms with Gasteiger partial charge in [-0.2, -0.15) is 5.10 Å². The van der Waals surface area contributed by atoms with Crippen molar-refractivity contribution in [2.45, 2.75) is 20.0 Å². The number of hydrogen-bond donors (Lipinski definition) is 0. The van der Waals surface area contributed by atoms with Crippen LogP contribution in [0, 0.1) is 6.92 Å². The molecule has 6 nitrogen and oxygen atoms in total. The first kappa shape index (κ1) is 13.6. The Morgan fingerprint density at radius 2 is 2.05 bits per heavy atom. The fourth-order valence-electron chi connectivity index (χ4n) is 2.23. The van der Waals surface area contributed by atoms with Gasteiger partial charge in [0.05, 0.1) is 24.9 Å². The SMILES string of the molecule is COc1c(CN(C)Cc2nccn2C)c(C)nn1C. The van der Waals surface area contributed by atoms with Crippen molar-refractivity contribution in [2.24, 2.45) is 14.1 Å². The van der Waals surface area contributed by atoms with E-state index in [0.29, 0.717) is 0 Å². The summed E-state index contributed by atoms with van der Waals surface area (Å²) in [5.41, 5.74) is 2.13. The van der Waals surface area contributed by atoms with Gasteiger partial charge in [-0.05, 0) is 14.0 Å². The van der Waals surface area contributed by atoms with Crippen LogP contribution >= 0.6 is 0 Å². The summed E-state index contributed by atoms with van der Waals surface area (Å²) in [5.74, 6) is 1.87. The number of ether oxygens (including phenoxy) is 1. The van der Waals surface area contributed by atoms with Crippen LogP contribution in [0.2, 0.25) is 0 Å². The minimum Gasteiger partial charge on any atom is -0.481 e. The smallest absolute Gasteiger partial charge is 0.216 e. The molecule has 2 aromatic heterocycles. The maximum absolute atomic E-state index is 5.41. The lowest BCUT2D eigenvalue weighted by Gasteiger charge is -2.16. The van der Waals surface area contributed by atoms with Gasteiger partial charge in [-0.3, -0.25) is 4.90 Å². The van der Waals surface area contributed by atoms with E-state index in [1.165, 1.54) is 0 Å². The Bertz CT molecular complexity index is 557. The lowest BCUT2D eigenvalue weighted by Crippen LogP contribution is -2.20. The minimum absolute atomic E-state index is 0.787. The Morgan fingerprint density at radius 1 is 1.32 bits per heavy atom. The second-order valence-electron chi connectivity index (χ2n) is 4.82. The molecule has 0 bridgehead atoms. The molecule has 0 spiro atoms. The highest BCUT2D eigenvalue weighted by atomic mass is 16.5. The van der Waals surface area contributed by atoms with E-state index in [1.807, 2.05) is 38.0 Å². The summed E-state index contributed by atoms with van der Waals surface area (Å²) >= 11 is 0. The highest BCUT2D eigenvalue weighted by Crippen LogP contribution is 2.22. The normalized spacial score (nSPS) is 11.3. The summed E-state index contributed by atoms with van der Waals surface area (Å²) in [6.07, 6.45) is 3.78. The number of aromatic nitrogens is 4. The molecule has 0 aliphatic rings. The third kappa shape index (κ3) is 2.78. The van der Waals surface area contributed by atoms with Crippen molar-refractivity contribution in [1.29, 1.82) is 0 Å². The van der Waals surface area contributed by atoms with Gasteiger partial charge in [0, 0.05) is 33.0 Å². The molecule has 0 aliphatic heterocycles. The Hall–Kier alpha value is -1.82. The number of aryl methyl sites for hydroxylation is 3. The Morgan fingerprint density at radius 3 is 2.63 bits per heavy atom. The van der Waals surface area contributed by atoms with E-state index in [2.05, 4.69) is 22.0 Å². The predicted octanol–water partition coefficient (Wildman–Crippen LogP) is 1.10. The Kier molecular flexibility index (Phi) is 3.90. The summed E-state index contributed by atoms with van der Waals surface area (Å²) in [7, 11) is 7.65. The first-order chi connectivity index (χ1) is 9.02. The van der Waals surface area contributed by atoms with E-state index in [4.69, 9.17) is 4.74 Å². The van der Waals surface area contributed by atoms with E-state index in [-0.39, 0.29) is 0 Å². The second-order valence-corrected chi connectivity index (χ2v) is 4.82. The molecule has 0 saturated carbocycles. The summed E-state index contributed by atoms with van der Waals surface area (Å²) in [6.45, 7) is 3.59. The highest BCUT2D eigenvalue weighted by molar-refractivity contribution is 5.30. The zero-order chi connectivity index (χ0) is 14.0. The van der Waals surface area contributed by atoms with Crippen LogP contribution in [-0.4, -0.2) is 38.4 Å². The molecule has 0 N–H and O–H groups in total. The molecule has 2 rings (SSSR count). The lowest BCUT2D eigenvalue weighted by molar-refractivity contribution is 0.296. The largest absolute Gasteiger partial charge is 0.481 e. The molecular weight excluding hydrogens is 242 g/mol. The van der Waals surface area contributed by atoms with Gasteiger partial charge in [-0.1, -0.05) is 0 Å². The monoisotopic (exact) mass is 263 g/mol. The van der Waals surface area contributed by atoms with E-state index < -0.39 is 0 Å². The van der Waals surface area contributed by atoms with Gasteiger partial charge in [0.1, 0.15) is 5.82 Å². The van der Waals surface area contributed by atoms with Gasteiger partial charge in [0.2, 0.25) is 5.88 Å². The molecule has 0 aliphatic carbocycles. The molecule has 0 fully saturated rings. The zero-order valence-electron chi connectivity index (χ0n) is 12.2. The number of methoxy groups -OCH3 is 1. The van der Waals surface area contributed by atoms with Crippen LogP contribution in [0.1, 0.15) is 17.1 Å². The summed E-state index contributed by atoms with van der Waals surface area (Å²) in [5, 5.41) is 4.39. The van der Waals surface area contributed by atoms with Crippen LogP contribution in [-0.2, 0) is 27.2 Å². The summed E-state index contributed by atoms with van der Waals surface area (Å²) in [6, 6.07) is 0. The maximum Gasteiger partial charge on any atom is 0.216 e. The Labute approximate surface area is 113 Å².